The van der Waals surface area contributed by atoms with Gasteiger partial charge in [0.05, 0.1) is 5.56 Å². The molecule has 23 heavy (non-hydrogen) atoms. The molecule has 0 unspecified atom stereocenters. The first-order valence-corrected chi connectivity index (χ1v) is 6.65. The van der Waals surface area contributed by atoms with E-state index < -0.39 is 24.3 Å². The van der Waals surface area contributed by atoms with E-state index in [1.54, 1.807) is 19.1 Å². The predicted molar refractivity (Wildman–Crippen MR) is 86.4 cm³/mol. The molecular formula is C14H14BN3O5. The number of nitrogens with one attached hydrogen (secondary N) is 3. The molecule has 118 valence electrons. The highest BCUT2D eigenvalue weighted by Gasteiger charge is 2.11. The molecule has 0 aliphatic carbocycles. The summed E-state index contributed by atoms with van der Waals surface area (Å²) < 4.78 is 0. The van der Waals surface area contributed by atoms with Crippen LogP contribution in [-0.2, 0) is 4.79 Å². The lowest BCUT2D eigenvalue weighted by atomic mass is 9.80. The molecule has 0 atom stereocenters. The average Bonchev–Trinajstić information content (AvgIpc) is 2.46. The van der Waals surface area contributed by atoms with Crippen LogP contribution in [0.15, 0.2) is 39.9 Å². The van der Waals surface area contributed by atoms with E-state index in [-0.39, 0.29) is 11.0 Å². The van der Waals surface area contributed by atoms with Crippen LogP contribution in [0, 0.1) is 6.92 Å². The fourth-order valence-corrected chi connectivity index (χ4v) is 1.93. The molecule has 9 heteroatoms. The van der Waals surface area contributed by atoms with Gasteiger partial charge in [-0.15, -0.1) is 0 Å². The molecule has 0 aliphatic heterocycles. The molecule has 0 aliphatic rings. The lowest BCUT2D eigenvalue weighted by Crippen LogP contribution is -2.29. The first kappa shape index (κ1) is 16.5. The maximum Gasteiger partial charge on any atom is 0.488 e. The van der Waals surface area contributed by atoms with E-state index in [4.69, 9.17) is 10.0 Å². The van der Waals surface area contributed by atoms with Crippen LogP contribution in [-0.4, -0.2) is 33.0 Å². The molecule has 2 aromatic rings. The zero-order chi connectivity index (χ0) is 17.0. The Kier molecular flexibility index (Phi) is 4.94. The molecule has 0 radical (unpaired) electrons. The molecule has 2 rings (SSSR count). The lowest BCUT2D eigenvalue weighted by Gasteiger charge is -2.05. The number of hydrogen-bond acceptors (Lipinski definition) is 5. The summed E-state index contributed by atoms with van der Waals surface area (Å²) in [6.07, 6.45) is 2.42. The number of carbonyl (C=O) groups excluding carboxylic acids is 1. The van der Waals surface area contributed by atoms with E-state index in [1.807, 2.05) is 0 Å². The van der Waals surface area contributed by atoms with Gasteiger partial charge in [0.1, 0.15) is 0 Å². The van der Waals surface area contributed by atoms with Gasteiger partial charge in [0.25, 0.3) is 5.56 Å². The van der Waals surface area contributed by atoms with Gasteiger partial charge in [0, 0.05) is 17.5 Å². The molecule has 1 heterocycles. The van der Waals surface area contributed by atoms with Gasteiger partial charge >= 0.3 is 12.8 Å². The minimum Gasteiger partial charge on any atom is -0.423 e. The summed E-state index contributed by atoms with van der Waals surface area (Å²) in [4.78, 5) is 39.1. The molecule has 0 spiro atoms. The molecule has 0 saturated carbocycles. The second-order valence-corrected chi connectivity index (χ2v) is 4.77. The smallest absolute Gasteiger partial charge is 0.423 e. The van der Waals surface area contributed by atoms with Crippen molar-refractivity contribution in [3.05, 3.63) is 62.4 Å². The summed E-state index contributed by atoms with van der Waals surface area (Å²) in [6.45, 7) is 1.54. The summed E-state index contributed by atoms with van der Waals surface area (Å²) in [7, 11) is -1.63. The second kappa shape index (κ2) is 6.90. The third-order valence-corrected chi connectivity index (χ3v) is 3.03. The molecule has 8 nitrogen and oxygen atoms in total. The molecule has 0 saturated heterocycles. The minimum atomic E-state index is -1.63. The van der Waals surface area contributed by atoms with Crippen molar-refractivity contribution in [2.75, 3.05) is 5.32 Å². The second-order valence-electron chi connectivity index (χ2n) is 4.77. The van der Waals surface area contributed by atoms with E-state index in [0.717, 1.165) is 6.08 Å². The van der Waals surface area contributed by atoms with Gasteiger partial charge in [0.2, 0.25) is 5.91 Å². The number of aromatic amines is 2. The molecule has 1 aromatic carbocycles. The highest BCUT2D eigenvalue weighted by Crippen LogP contribution is 2.05. The van der Waals surface area contributed by atoms with Gasteiger partial charge in [-0.2, -0.15) is 0 Å². The summed E-state index contributed by atoms with van der Waals surface area (Å²) in [6, 6.07) is 6.05. The van der Waals surface area contributed by atoms with Crippen LogP contribution >= 0.6 is 0 Å². The van der Waals surface area contributed by atoms with Crippen LogP contribution in [0.2, 0.25) is 0 Å². The number of aromatic nitrogens is 2. The van der Waals surface area contributed by atoms with Gasteiger partial charge in [-0.05, 0) is 30.6 Å². The van der Waals surface area contributed by atoms with Crippen LogP contribution in [0.1, 0.15) is 11.3 Å². The van der Waals surface area contributed by atoms with Crippen molar-refractivity contribution in [1.29, 1.82) is 0 Å². The highest BCUT2D eigenvalue weighted by molar-refractivity contribution is 6.58. The predicted octanol–water partition coefficient (Wildman–Crippen LogP) is -1.30. The first-order valence-electron chi connectivity index (χ1n) is 6.65. The Morgan fingerprint density at radius 2 is 2.00 bits per heavy atom. The van der Waals surface area contributed by atoms with E-state index in [0.29, 0.717) is 11.4 Å². The summed E-state index contributed by atoms with van der Waals surface area (Å²) in [5.41, 5.74) is -0.0984. The SMILES string of the molecule is Cc1[nH]c(=O)[nH]c(=O)c1C=CC(=O)Nc1cccc(B(O)O)c1. The van der Waals surface area contributed by atoms with Crippen molar-refractivity contribution in [2.45, 2.75) is 6.92 Å². The van der Waals surface area contributed by atoms with E-state index in [2.05, 4.69) is 15.3 Å². The summed E-state index contributed by atoms with van der Waals surface area (Å²) in [5.74, 6) is -0.514. The Bertz CT molecular complexity index is 869. The summed E-state index contributed by atoms with van der Waals surface area (Å²) in [5, 5.41) is 20.7. The average molecular weight is 315 g/mol. The van der Waals surface area contributed by atoms with Gasteiger partial charge in [-0.1, -0.05) is 12.1 Å². The number of anilines is 1. The van der Waals surface area contributed by atoms with Crippen LogP contribution in [0.5, 0.6) is 0 Å². The molecule has 0 bridgehead atoms. The Morgan fingerprint density at radius 1 is 1.26 bits per heavy atom. The van der Waals surface area contributed by atoms with Crippen LogP contribution < -0.4 is 22.0 Å². The minimum absolute atomic E-state index is 0.166. The molecule has 1 amide bonds. The van der Waals surface area contributed by atoms with Gasteiger partial charge in [0.15, 0.2) is 0 Å². The van der Waals surface area contributed by atoms with E-state index in [9.17, 15) is 14.4 Å². The van der Waals surface area contributed by atoms with Crippen molar-refractivity contribution < 1.29 is 14.8 Å². The zero-order valence-corrected chi connectivity index (χ0v) is 12.2. The highest BCUT2D eigenvalue weighted by atomic mass is 16.4. The van der Waals surface area contributed by atoms with Crippen molar-refractivity contribution in [3.8, 4) is 0 Å². The van der Waals surface area contributed by atoms with Gasteiger partial charge < -0.3 is 20.3 Å². The van der Waals surface area contributed by atoms with Crippen molar-refractivity contribution in [2.24, 2.45) is 0 Å². The number of amides is 1. The fraction of sp³-hybridized carbons (Fsp3) is 0.0714. The Labute approximate surface area is 130 Å². The number of rotatable bonds is 4. The lowest BCUT2D eigenvalue weighted by molar-refractivity contribution is -0.111. The first-order chi connectivity index (χ1) is 10.9. The van der Waals surface area contributed by atoms with Crippen molar-refractivity contribution in [3.63, 3.8) is 0 Å². The Morgan fingerprint density at radius 3 is 2.65 bits per heavy atom. The number of H-pyrrole nitrogens is 2. The maximum absolute atomic E-state index is 11.8. The van der Waals surface area contributed by atoms with Crippen LogP contribution in [0.4, 0.5) is 5.69 Å². The quantitative estimate of drug-likeness (QED) is 0.353. The number of benzene rings is 1. The third kappa shape index (κ3) is 4.28. The number of aryl methyl sites for hydroxylation is 1. The fourth-order valence-electron chi connectivity index (χ4n) is 1.93. The third-order valence-electron chi connectivity index (χ3n) is 3.03. The maximum atomic E-state index is 11.8. The zero-order valence-electron chi connectivity index (χ0n) is 12.2. The van der Waals surface area contributed by atoms with Crippen LogP contribution in [0.25, 0.3) is 6.08 Å². The van der Waals surface area contributed by atoms with E-state index in [1.165, 1.54) is 18.2 Å². The normalized spacial score (nSPS) is 10.7. The summed E-state index contributed by atoms with van der Waals surface area (Å²) >= 11 is 0. The standard InChI is InChI=1S/C14H14BN3O5/c1-8-11(13(20)18-14(21)16-8)5-6-12(19)17-10-4-2-3-9(7-10)15(22)23/h2-7,22-23H,1H3,(H,17,19)(H2,16,18,20,21). The topological polar surface area (TPSA) is 135 Å². The largest absolute Gasteiger partial charge is 0.488 e. The Hall–Kier alpha value is -2.91. The van der Waals surface area contributed by atoms with Crippen molar-refractivity contribution >= 4 is 30.3 Å². The van der Waals surface area contributed by atoms with Crippen LogP contribution in [0.3, 0.4) is 0 Å². The molecule has 1 aromatic heterocycles. The van der Waals surface area contributed by atoms with Crippen molar-refractivity contribution in [1.82, 2.24) is 9.97 Å². The number of carbonyl (C=O) groups is 1. The Balaban J connectivity index is 2.15. The van der Waals surface area contributed by atoms with E-state index >= 15 is 0 Å². The molecule has 0 fully saturated rings. The monoisotopic (exact) mass is 315 g/mol. The van der Waals surface area contributed by atoms with Gasteiger partial charge in [-0.25, -0.2) is 4.79 Å². The number of hydrogen-bond donors (Lipinski definition) is 5. The van der Waals surface area contributed by atoms with Gasteiger partial charge in [-0.3, -0.25) is 14.6 Å². The molecular weight excluding hydrogens is 301 g/mol. The molecule has 5 N–H and O–H groups in total.